The molecule has 1 aliphatic carbocycles. The molecule has 42 heavy (non-hydrogen) atoms. The number of nitrogens with one attached hydrogen (secondary N) is 4. The first kappa shape index (κ1) is 29.3. The van der Waals surface area contributed by atoms with Crippen LogP contribution in [0.4, 0.5) is 16.2 Å². The summed E-state index contributed by atoms with van der Waals surface area (Å²) in [5.41, 5.74) is 3.18. The minimum Gasteiger partial charge on any atom is -0.331 e. The highest BCUT2D eigenvalue weighted by atomic mass is 35.5. The molecule has 1 heterocycles. The Morgan fingerprint density at radius 3 is 2.07 bits per heavy atom. The van der Waals surface area contributed by atoms with Crippen LogP contribution in [-0.2, 0) is 0 Å². The third-order valence-electron chi connectivity index (χ3n) is 8.38. The van der Waals surface area contributed by atoms with Crippen LogP contribution in [0.25, 0.3) is 0 Å². The van der Waals surface area contributed by atoms with Crippen molar-refractivity contribution in [3.05, 3.63) is 94.0 Å². The zero-order valence-electron chi connectivity index (χ0n) is 23.9. The van der Waals surface area contributed by atoms with Crippen molar-refractivity contribution in [2.24, 2.45) is 17.3 Å². The molecule has 3 aromatic carbocycles. The number of hydrogen-bond acceptors (Lipinski definition) is 4. The van der Waals surface area contributed by atoms with Crippen molar-refractivity contribution in [1.82, 2.24) is 10.6 Å². The van der Waals surface area contributed by atoms with E-state index < -0.39 is 11.8 Å². The number of amides is 5. The fourth-order valence-electron chi connectivity index (χ4n) is 5.92. The summed E-state index contributed by atoms with van der Waals surface area (Å²) in [6.07, 6.45) is 4.17. The lowest BCUT2D eigenvalue weighted by Gasteiger charge is -2.39. The van der Waals surface area contributed by atoms with Crippen molar-refractivity contribution in [2.75, 3.05) is 10.6 Å². The molecule has 218 valence electrons. The number of urea groups is 1. The second-order valence-corrected chi connectivity index (χ2v) is 12.6. The summed E-state index contributed by atoms with van der Waals surface area (Å²) in [6, 6.07) is 18.3. The van der Waals surface area contributed by atoms with Gasteiger partial charge in [-0.05, 0) is 103 Å². The Morgan fingerprint density at radius 2 is 1.43 bits per heavy atom. The molecule has 1 fully saturated rings. The standard InChI is InChI=1S/C33H35ClN4O4/c1-33(2,3)22-10-8-20(9-11-22)28(37-32(42)36-24-14-12-23(34)13-15-24)19-4-6-21(7-5-19)29(39)35-25-16-17-26-27(18-25)31(41)38-30(26)40/h4-7,12-18,20,22,28H,8-11H2,1-3H3,(H,35,39)(H2,36,37,42)(H,38,40,41). The molecule has 0 spiro atoms. The van der Waals surface area contributed by atoms with Crippen LogP contribution < -0.4 is 21.3 Å². The minimum atomic E-state index is -0.481. The molecule has 9 heteroatoms. The summed E-state index contributed by atoms with van der Waals surface area (Å²) in [5.74, 6) is -0.390. The van der Waals surface area contributed by atoms with E-state index in [4.69, 9.17) is 11.6 Å². The molecular formula is C33H35ClN4O4. The molecule has 2 aliphatic rings. The summed E-state index contributed by atoms with van der Waals surface area (Å²) in [4.78, 5) is 49.9. The number of rotatable bonds is 6. The van der Waals surface area contributed by atoms with Crippen LogP contribution in [0, 0.1) is 17.3 Å². The van der Waals surface area contributed by atoms with Gasteiger partial charge in [-0.3, -0.25) is 19.7 Å². The molecule has 0 bridgehead atoms. The molecule has 0 radical (unpaired) electrons. The van der Waals surface area contributed by atoms with Gasteiger partial charge in [0.25, 0.3) is 17.7 Å². The van der Waals surface area contributed by atoms with Crippen LogP contribution >= 0.6 is 11.6 Å². The monoisotopic (exact) mass is 586 g/mol. The van der Waals surface area contributed by atoms with Crippen molar-refractivity contribution in [3.8, 4) is 0 Å². The summed E-state index contributed by atoms with van der Waals surface area (Å²) in [7, 11) is 0. The largest absolute Gasteiger partial charge is 0.331 e. The molecule has 5 rings (SSSR count). The van der Waals surface area contributed by atoms with Gasteiger partial charge in [0, 0.05) is 22.0 Å². The summed E-state index contributed by atoms with van der Waals surface area (Å²) < 4.78 is 0. The van der Waals surface area contributed by atoms with Gasteiger partial charge in [0.2, 0.25) is 0 Å². The van der Waals surface area contributed by atoms with E-state index in [0.29, 0.717) is 27.9 Å². The third kappa shape index (κ3) is 6.65. The van der Waals surface area contributed by atoms with Crippen LogP contribution in [-0.4, -0.2) is 23.8 Å². The maximum atomic E-state index is 13.1. The number of anilines is 2. The van der Waals surface area contributed by atoms with E-state index in [1.165, 1.54) is 12.1 Å². The number of hydrogen-bond donors (Lipinski definition) is 4. The zero-order chi connectivity index (χ0) is 30.0. The zero-order valence-corrected chi connectivity index (χ0v) is 24.7. The molecule has 1 saturated carbocycles. The highest BCUT2D eigenvalue weighted by Crippen LogP contribution is 2.43. The predicted molar refractivity (Wildman–Crippen MR) is 164 cm³/mol. The molecule has 1 aliphatic heterocycles. The van der Waals surface area contributed by atoms with E-state index in [1.807, 2.05) is 12.1 Å². The van der Waals surface area contributed by atoms with Crippen LogP contribution in [0.5, 0.6) is 0 Å². The lowest BCUT2D eigenvalue weighted by atomic mass is 9.68. The highest BCUT2D eigenvalue weighted by Gasteiger charge is 2.34. The van der Waals surface area contributed by atoms with Gasteiger partial charge >= 0.3 is 6.03 Å². The smallest absolute Gasteiger partial charge is 0.319 e. The lowest BCUT2D eigenvalue weighted by Crippen LogP contribution is -2.38. The molecule has 1 atom stereocenters. The summed E-state index contributed by atoms with van der Waals surface area (Å²) in [5, 5.41) is 11.7. The normalized spacial score (nSPS) is 19.0. The Bertz CT molecular complexity index is 1500. The topological polar surface area (TPSA) is 116 Å². The SMILES string of the molecule is CC(C)(C)C1CCC(C(NC(=O)Nc2ccc(Cl)cc2)c2ccc(C(=O)Nc3ccc4c(c3)C(=O)NC4=O)cc2)CC1. The summed E-state index contributed by atoms with van der Waals surface area (Å²) >= 11 is 5.99. The van der Waals surface area contributed by atoms with E-state index in [0.717, 1.165) is 31.2 Å². The van der Waals surface area contributed by atoms with Gasteiger partial charge in [0.05, 0.1) is 17.2 Å². The van der Waals surface area contributed by atoms with Crippen molar-refractivity contribution in [1.29, 1.82) is 0 Å². The average molecular weight is 587 g/mol. The van der Waals surface area contributed by atoms with Gasteiger partial charge in [-0.2, -0.15) is 0 Å². The first-order valence-electron chi connectivity index (χ1n) is 14.2. The van der Waals surface area contributed by atoms with Crippen LogP contribution in [0.2, 0.25) is 5.02 Å². The molecule has 0 aromatic heterocycles. The Hall–Kier alpha value is -4.17. The van der Waals surface area contributed by atoms with Gasteiger partial charge in [-0.1, -0.05) is 44.5 Å². The maximum absolute atomic E-state index is 13.1. The maximum Gasteiger partial charge on any atom is 0.319 e. The van der Waals surface area contributed by atoms with Crippen LogP contribution in [0.15, 0.2) is 66.7 Å². The fourth-order valence-corrected chi connectivity index (χ4v) is 6.05. The van der Waals surface area contributed by atoms with Gasteiger partial charge in [0.15, 0.2) is 0 Å². The van der Waals surface area contributed by atoms with E-state index in [-0.39, 0.29) is 40.4 Å². The molecule has 4 N–H and O–H groups in total. The van der Waals surface area contributed by atoms with E-state index >= 15 is 0 Å². The Labute approximate surface area is 250 Å². The first-order chi connectivity index (χ1) is 20.0. The number of benzene rings is 3. The van der Waals surface area contributed by atoms with Gasteiger partial charge in [0.1, 0.15) is 0 Å². The van der Waals surface area contributed by atoms with Crippen molar-refractivity contribution < 1.29 is 19.2 Å². The lowest BCUT2D eigenvalue weighted by molar-refractivity contribution is 0.0878. The Balaban J connectivity index is 1.31. The van der Waals surface area contributed by atoms with Gasteiger partial charge in [-0.15, -0.1) is 0 Å². The Kier molecular flexibility index (Phi) is 8.36. The fraction of sp³-hybridized carbons (Fsp3) is 0.333. The number of carbonyl (C=O) groups excluding carboxylic acids is 4. The second-order valence-electron chi connectivity index (χ2n) is 12.2. The first-order valence-corrected chi connectivity index (χ1v) is 14.6. The number of halogens is 1. The molecule has 8 nitrogen and oxygen atoms in total. The Morgan fingerprint density at radius 1 is 0.810 bits per heavy atom. The molecule has 1 unspecified atom stereocenters. The average Bonchev–Trinajstić information content (AvgIpc) is 3.25. The predicted octanol–water partition coefficient (Wildman–Crippen LogP) is 7.19. The van der Waals surface area contributed by atoms with Gasteiger partial charge < -0.3 is 16.0 Å². The minimum absolute atomic E-state index is 0.233. The second kappa shape index (κ2) is 12.0. The summed E-state index contributed by atoms with van der Waals surface area (Å²) in [6.45, 7) is 6.86. The quantitative estimate of drug-likeness (QED) is 0.229. The van der Waals surface area contributed by atoms with E-state index in [2.05, 4.69) is 42.0 Å². The van der Waals surface area contributed by atoms with Crippen LogP contribution in [0.3, 0.4) is 0 Å². The molecule has 5 amide bonds. The van der Waals surface area contributed by atoms with Crippen molar-refractivity contribution >= 4 is 46.7 Å². The number of carbonyl (C=O) groups is 4. The molecule has 3 aromatic rings. The number of fused-ring (bicyclic) bond motifs is 1. The van der Waals surface area contributed by atoms with Gasteiger partial charge in [-0.25, -0.2) is 4.79 Å². The molecule has 0 saturated heterocycles. The van der Waals surface area contributed by atoms with Crippen molar-refractivity contribution in [2.45, 2.75) is 52.5 Å². The van der Waals surface area contributed by atoms with E-state index in [9.17, 15) is 19.2 Å². The molecular weight excluding hydrogens is 552 g/mol. The van der Waals surface area contributed by atoms with Crippen molar-refractivity contribution in [3.63, 3.8) is 0 Å². The van der Waals surface area contributed by atoms with Crippen LogP contribution in [0.1, 0.15) is 89.1 Å². The third-order valence-corrected chi connectivity index (χ3v) is 8.63. The highest BCUT2D eigenvalue weighted by molar-refractivity contribution is 6.30. The van der Waals surface area contributed by atoms with E-state index in [1.54, 1.807) is 42.5 Å². The number of imide groups is 1.